The molecule has 1 aromatic heterocycles. The average molecular weight is 563 g/mol. The number of piperazine rings is 1. The fraction of sp³-hybridized carbons (Fsp3) is 0.550. The zero-order valence-electron chi connectivity index (χ0n) is 17.6. The SMILES string of the molecule is CCNC(=NCCS(=O)Cc1ccccc1)N1CCN(c2nc(CC)ns2)CC1.I. The first kappa shape index (κ1) is 25.0. The fourth-order valence-corrected chi connectivity index (χ4v) is 4.94. The lowest BCUT2D eigenvalue weighted by atomic mass is 10.2. The number of guanidine groups is 1. The monoisotopic (exact) mass is 562 g/mol. The lowest BCUT2D eigenvalue weighted by Crippen LogP contribution is -2.52. The molecule has 1 aliphatic rings. The van der Waals surface area contributed by atoms with Crippen LogP contribution in [0, 0.1) is 0 Å². The van der Waals surface area contributed by atoms with E-state index in [2.05, 4.69) is 38.3 Å². The van der Waals surface area contributed by atoms with Crippen LogP contribution >= 0.6 is 35.5 Å². The summed E-state index contributed by atoms with van der Waals surface area (Å²) in [4.78, 5) is 13.9. The Morgan fingerprint density at radius 3 is 2.57 bits per heavy atom. The first-order valence-electron chi connectivity index (χ1n) is 10.2. The third-order valence-electron chi connectivity index (χ3n) is 4.71. The molecule has 30 heavy (non-hydrogen) atoms. The fourth-order valence-electron chi connectivity index (χ4n) is 3.14. The lowest BCUT2D eigenvalue weighted by Gasteiger charge is -2.36. The van der Waals surface area contributed by atoms with Gasteiger partial charge in [0.1, 0.15) is 5.82 Å². The van der Waals surface area contributed by atoms with Crippen LogP contribution in [0.2, 0.25) is 0 Å². The summed E-state index contributed by atoms with van der Waals surface area (Å²) in [6.07, 6.45) is 0.874. The first-order valence-corrected chi connectivity index (χ1v) is 12.5. The molecule has 166 valence electrons. The van der Waals surface area contributed by atoms with E-state index in [1.165, 1.54) is 11.5 Å². The van der Waals surface area contributed by atoms with Crippen molar-refractivity contribution in [2.45, 2.75) is 26.0 Å². The van der Waals surface area contributed by atoms with Crippen molar-refractivity contribution in [3.05, 3.63) is 41.7 Å². The molecule has 0 bridgehead atoms. The van der Waals surface area contributed by atoms with E-state index in [1.54, 1.807) is 0 Å². The van der Waals surface area contributed by atoms with Gasteiger partial charge in [0, 0.05) is 73.0 Å². The van der Waals surface area contributed by atoms with Crippen molar-refractivity contribution in [1.82, 2.24) is 19.6 Å². The molecule has 0 saturated carbocycles. The van der Waals surface area contributed by atoms with Gasteiger partial charge in [0.15, 0.2) is 5.96 Å². The van der Waals surface area contributed by atoms with Crippen LogP contribution < -0.4 is 10.2 Å². The average Bonchev–Trinajstić information content (AvgIpc) is 3.23. The molecule has 0 radical (unpaired) electrons. The Kier molecular flexibility index (Phi) is 11.0. The molecule has 2 heterocycles. The van der Waals surface area contributed by atoms with Crippen molar-refractivity contribution < 1.29 is 4.21 Å². The summed E-state index contributed by atoms with van der Waals surface area (Å²) < 4.78 is 16.7. The summed E-state index contributed by atoms with van der Waals surface area (Å²) in [7, 11) is -0.901. The number of rotatable bonds is 8. The van der Waals surface area contributed by atoms with Crippen molar-refractivity contribution in [2.75, 3.05) is 49.9 Å². The molecule has 7 nitrogen and oxygen atoms in total. The number of nitrogens with zero attached hydrogens (tertiary/aromatic N) is 5. The normalized spacial score (nSPS) is 15.6. The molecule has 1 atom stereocenters. The molecule has 1 aliphatic heterocycles. The predicted octanol–water partition coefficient (Wildman–Crippen LogP) is 2.75. The van der Waals surface area contributed by atoms with Crippen LogP contribution in [0.4, 0.5) is 5.13 Å². The summed E-state index contributed by atoms with van der Waals surface area (Å²) in [5.41, 5.74) is 1.11. The second kappa shape index (κ2) is 13.2. The van der Waals surface area contributed by atoms with Gasteiger partial charge in [0.05, 0.1) is 6.54 Å². The summed E-state index contributed by atoms with van der Waals surface area (Å²) in [6, 6.07) is 9.99. The minimum absolute atomic E-state index is 0. The molecule has 1 N–H and O–H groups in total. The number of aryl methyl sites for hydroxylation is 1. The highest BCUT2D eigenvalue weighted by Gasteiger charge is 2.22. The minimum Gasteiger partial charge on any atom is -0.357 e. The largest absolute Gasteiger partial charge is 0.357 e. The molecule has 10 heteroatoms. The first-order chi connectivity index (χ1) is 14.2. The maximum Gasteiger partial charge on any atom is 0.205 e. The molecule has 3 rings (SSSR count). The van der Waals surface area contributed by atoms with Crippen LogP contribution in [-0.4, -0.2) is 69.4 Å². The van der Waals surface area contributed by atoms with E-state index in [0.717, 1.165) is 61.6 Å². The summed E-state index contributed by atoms with van der Waals surface area (Å²) in [5, 5.41) is 4.39. The maximum absolute atomic E-state index is 12.3. The van der Waals surface area contributed by atoms with Gasteiger partial charge in [-0.1, -0.05) is 37.3 Å². The summed E-state index contributed by atoms with van der Waals surface area (Å²) >= 11 is 1.48. The van der Waals surface area contributed by atoms with E-state index < -0.39 is 10.8 Å². The van der Waals surface area contributed by atoms with Gasteiger partial charge in [-0.05, 0) is 12.5 Å². The Morgan fingerprint density at radius 2 is 1.93 bits per heavy atom. The Hall–Kier alpha value is -1.27. The highest BCUT2D eigenvalue weighted by atomic mass is 127. The molecule has 1 saturated heterocycles. The second-order valence-electron chi connectivity index (χ2n) is 6.83. The van der Waals surface area contributed by atoms with Crippen molar-refractivity contribution in [2.24, 2.45) is 4.99 Å². The van der Waals surface area contributed by atoms with Gasteiger partial charge in [0.2, 0.25) is 5.13 Å². The van der Waals surface area contributed by atoms with Crippen molar-refractivity contribution in [3.8, 4) is 0 Å². The highest BCUT2D eigenvalue weighted by molar-refractivity contribution is 14.0. The predicted molar refractivity (Wildman–Crippen MR) is 138 cm³/mol. The number of aliphatic imine (C=N–C) groups is 1. The van der Waals surface area contributed by atoms with Gasteiger partial charge in [-0.25, -0.2) is 4.98 Å². The quantitative estimate of drug-likeness (QED) is 0.303. The van der Waals surface area contributed by atoms with Crippen LogP contribution in [0.5, 0.6) is 0 Å². The number of nitrogens with one attached hydrogen (secondary N) is 1. The smallest absolute Gasteiger partial charge is 0.205 e. The third kappa shape index (κ3) is 7.45. The van der Waals surface area contributed by atoms with Crippen LogP contribution in [0.1, 0.15) is 25.2 Å². The third-order valence-corrected chi connectivity index (χ3v) is 6.82. The molecule has 1 fully saturated rings. The standard InChI is InChI=1S/C20H30N6OS2.HI/c1-3-18-23-20(28-24-18)26-13-11-25(12-14-26)19(21-4-2)22-10-15-29(27)16-17-8-6-5-7-9-17;/h5-9H,3-4,10-16H2,1-2H3,(H,21,22);1H. The van der Waals surface area contributed by atoms with Crippen LogP contribution in [0.25, 0.3) is 0 Å². The molecule has 1 unspecified atom stereocenters. The molecule has 0 amide bonds. The Morgan fingerprint density at radius 1 is 1.20 bits per heavy atom. The molecule has 2 aromatic rings. The number of hydrogen-bond donors (Lipinski definition) is 1. The number of hydrogen-bond acceptors (Lipinski definition) is 6. The van der Waals surface area contributed by atoms with Gasteiger partial charge >= 0.3 is 0 Å². The van der Waals surface area contributed by atoms with Crippen LogP contribution in [-0.2, 0) is 23.0 Å². The Balaban J connectivity index is 0.00000320. The Labute approximate surface area is 203 Å². The number of aromatic nitrogens is 2. The van der Waals surface area contributed by atoms with E-state index >= 15 is 0 Å². The van der Waals surface area contributed by atoms with Crippen LogP contribution in [0.15, 0.2) is 35.3 Å². The second-order valence-corrected chi connectivity index (χ2v) is 9.14. The van der Waals surface area contributed by atoms with Gasteiger partial charge in [-0.15, -0.1) is 24.0 Å². The van der Waals surface area contributed by atoms with Gasteiger partial charge in [-0.3, -0.25) is 9.20 Å². The molecule has 0 aliphatic carbocycles. The van der Waals surface area contributed by atoms with Crippen molar-refractivity contribution in [3.63, 3.8) is 0 Å². The van der Waals surface area contributed by atoms with Crippen molar-refractivity contribution in [1.29, 1.82) is 0 Å². The number of anilines is 1. The minimum atomic E-state index is -0.901. The molecule has 0 spiro atoms. The van der Waals surface area contributed by atoms with Crippen molar-refractivity contribution >= 4 is 57.4 Å². The zero-order chi connectivity index (χ0) is 20.5. The van der Waals surface area contributed by atoms with E-state index in [1.807, 2.05) is 30.3 Å². The number of benzene rings is 1. The zero-order valence-corrected chi connectivity index (χ0v) is 21.6. The van der Waals surface area contributed by atoms with E-state index in [9.17, 15) is 4.21 Å². The molecule has 1 aromatic carbocycles. The van der Waals surface area contributed by atoms with Gasteiger partial charge < -0.3 is 15.1 Å². The topological polar surface area (TPSA) is 73.7 Å². The summed E-state index contributed by atoms with van der Waals surface area (Å²) in [5.74, 6) is 3.00. The van der Waals surface area contributed by atoms with E-state index in [4.69, 9.17) is 4.99 Å². The number of halogens is 1. The van der Waals surface area contributed by atoms with Gasteiger partial charge in [-0.2, -0.15) is 4.37 Å². The van der Waals surface area contributed by atoms with Gasteiger partial charge in [0.25, 0.3) is 0 Å². The Bertz CT molecular complexity index is 809. The maximum atomic E-state index is 12.3. The highest BCUT2D eigenvalue weighted by Crippen LogP contribution is 2.19. The van der Waals surface area contributed by atoms with E-state index in [-0.39, 0.29) is 24.0 Å². The lowest BCUT2D eigenvalue weighted by molar-refractivity contribution is 0.372. The van der Waals surface area contributed by atoms with Crippen LogP contribution in [0.3, 0.4) is 0 Å². The summed E-state index contributed by atoms with van der Waals surface area (Å²) in [6.45, 7) is 9.13. The molecular weight excluding hydrogens is 531 g/mol. The van der Waals surface area contributed by atoms with E-state index in [0.29, 0.717) is 18.1 Å². The molecular formula is C20H31IN6OS2.